The van der Waals surface area contributed by atoms with Gasteiger partial charge in [0.15, 0.2) is 17.2 Å². The molecule has 3 aromatic heterocycles. The van der Waals surface area contributed by atoms with Gasteiger partial charge in [0.2, 0.25) is 10.0 Å². The van der Waals surface area contributed by atoms with Gasteiger partial charge in [-0.25, -0.2) is 13.1 Å². The van der Waals surface area contributed by atoms with Crippen molar-refractivity contribution in [3.05, 3.63) is 29.4 Å². The van der Waals surface area contributed by atoms with Crippen LogP contribution < -0.4 is 9.62 Å². The largest absolute Gasteiger partial charge is 0.360 e. The molecule has 2 fully saturated rings. The molecule has 5 rings (SSSR count). The lowest BCUT2D eigenvalue weighted by Crippen LogP contribution is -2.52. The molecule has 154 valence electrons. The van der Waals surface area contributed by atoms with Crippen LogP contribution in [-0.2, 0) is 10.0 Å². The molecule has 0 atom stereocenters. The number of hydrogen-bond acceptors (Lipinski definition) is 8. The number of anilines is 1. The first-order valence-electron chi connectivity index (χ1n) is 9.82. The predicted octanol–water partition coefficient (Wildman–Crippen LogP) is 1.41. The molecule has 3 aromatic rings. The molecular weight excluding hydrogens is 394 g/mol. The van der Waals surface area contributed by atoms with E-state index in [4.69, 9.17) is 9.62 Å². The Labute approximate surface area is 168 Å². The summed E-state index contributed by atoms with van der Waals surface area (Å²) in [6.45, 7) is 5.07. The fraction of sp³-hybridized carbons (Fsp3) is 0.556. The van der Waals surface area contributed by atoms with Crippen molar-refractivity contribution in [3.8, 4) is 0 Å². The molecule has 1 aliphatic heterocycles. The van der Waals surface area contributed by atoms with Gasteiger partial charge in [0, 0.05) is 31.5 Å². The second kappa shape index (κ2) is 6.77. The molecule has 11 heteroatoms. The normalized spacial score (nSPS) is 18.2. The van der Waals surface area contributed by atoms with Crippen molar-refractivity contribution in [1.29, 1.82) is 0 Å². The quantitative estimate of drug-likeness (QED) is 0.639. The number of nitrogens with zero attached hydrogens (tertiary/aromatic N) is 6. The summed E-state index contributed by atoms with van der Waals surface area (Å²) in [5, 5.41) is 17.0. The third kappa shape index (κ3) is 3.18. The number of fused-ring (bicyclic) bond motifs is 1. The van der Waals surface area contributed by atoms with Gasteiger partial charge in [-0.3, -0.25) is 0 Å². The van der Waals surface area contributed by atoms with Crippen molar-refractivity contribution in [2.75, 3.05) is 24.5 Å². The smallest absolute Gasteiger partial charge is 0.245 e. The van der Waals surface area contributed by atoms with Crippen LogP contribution in [0.1, 0.15) is 42.5 Å². The first-order chi connectivity index (χ1) is 13.9. The van der Waals surface area contributed by atoms with Gasteiger partial charge in [0.1, 0.15) is 16.4 Å². The van der Waals surface area contributed by atoms with Gasteiger partial charge in [-0.2, -0.15) is 4.52 Å². The van der Waals surface area contributed by atoms with Crippen LogP contribution in [0, 0.1) is 19.8 Å². The molecule has 0 unspecified atom stereocenters. The van der Waals surface area contributed by atoms with Gasteiger partial charge >= 0.3 is 0 Å². The van der Waals surface area contributed by atoms with Gasteiger partial charge in [-0.05, 0) is 38.8 Å². The van der Waals surface area contributed by atoms with E-state index < -0.39 is 10.0 Å². The zero-order valence-electron chi connectivity index (χ0n) is 16.4. The monoisotopic (exact) mass is 417 g/mol. The van der Waals surface area contributed by atoms with E-state index >= 15 is 0 Å². The van der Waals surface area contributed by atoms with E-state index in [1.54, 1.807) is 13.8 Å². The van der Waals surface area contributed by atoms with Crippen molar-refractivity contribution >= 4 is 21.5 Å². The molecule has 0 bridgehead atoms. The zero-order chi connectivity index (χ0) is 20.2. The average Bonchev–Trinajstić information content (AvgIpc) is 3.15. The molecule has 0 spiro atoms. The summed E-state index contributed by atoms with van der Waals surface area (Å²) in [6, 6.07) is 3.88. The highest BCUT2D eigenvalue weighted by atomic mass is 32.2. The number of rotatable bonds is 6. The van der Waals surface area contributed by atoms with E-state index in [9.17, 15) is 8.42 Å². The highest BCUT2D eigenvalue weighted by Gasteiger charge is 2.32. The Bertz CT molecular complexity index is 1140. The minimum atomic E-state index is -3.63. The molecule has 1 saturated carbocycles. The van der Waals surface area contributed by atoms with E-state index in [0.29, 0.717) is 23.9 Å². The van der Waals surface area contributed by atoms with Crippen LogP contribution in [0.3, 0.4) is 0 Å². The van der Waals surface area contributed by atoms with E-state index in [2.05, 4.69) is 25.0 Å². The molecule has 10 nitrogen and oxygen atoms in total. The maximum absolute atomic E-state index is 12.5. The highest BCUT2D eigenvalue weighted by molar-refractivity contribution is 7.89. The topological polar surface area (TPSA) is 119 Å². The molecule has 29 heavy (non-hydrogen) atoms. The number of sulfonamides is 1. The first-order valence-corrected chi connectivity index (χ1v) is 11.3. The van der Waals surface area contributed by atoms with Gasteiger partial charge in [-0.15, -0.1) is 15.3 Å². The summed E-state index contributed by atoms with van der Waals surface area (Å²) in [7, 11) is -3.63. The Morgan fingerprint density at radius 2 is 2.00 bits per heavy atom. The van der Waals surface area contributed by atoms with Crippen LogP contribution in [0.4, 0.5) is 5.82 Å². The van der Waals surface area contributed by atoms with Crippen LogP contribution >= 0.6 is 0 Å². The molecular formula is C18H23N7O3S. The lowest BCUT2D eigenvalue weighted by Gasteiger charge is -2.40. The second-order valence-corrected chi connectivity index (χ2v) is 9.63. The standard InChI is InChI=1S/C18H23N7O3S/c1-11-17(12(2)28-23-11)29(26,27)19-8-13-9-24(10-13)16-7-6-15-20-21-18(25(15)22-16)14-4-3-5-14/h6-7,13-14,19H,3-5,8-10H2,1-2H3. The molecule has 0 aromatic carbocycles. The molecule has 1 N–H and O–H groups in total. The first kappa shape index (κ1) is 18.5. The van der Waals surface area contributed by atoms with E-state index in [1.807, 2.05) is 16.6 Å². The minimum absolute atomic E-state index is 0.136. The Morgan fingerprint density at radius 3 is 2.66 bits per heavy atom. The minimum Gasteiger partial charge on any atom is -0.360 e. The molecule has 4 heterocycles. The molecule has 1 saturated heterocycles. The fourth-order valence-corrected chi connectivity index (χ4v) is 5.37. The van der Waals surface area contributed by atoms with Crippen LogP contribution in [0.5, 0.6) is 0 Å². The van der Waals surface area contributed by atoms with Gasteiger partial charge in [0.05, 0.1) is 0 Å². The number of nitrogens with one attached hydrogen (secondary N) is 1. The molecule has 0 amide bonds. The maximum atomic E-state index is 12.5. The summed E-state index contributed by atoms with van der Waals surface area (Å²) in [6.07, 6.45) is 3.52. The van der Waals surface area contributed by atoms with E-state index in [1.165, 1.54) is 6.42 Å². The third-order valence-corrected chi connectivity index (χ3v) is 7.49. The van der Waals surface area contributed by atoms with Crippen LogP contribution in [0.25, 0.3) is 5.65 Å². The van der Waals surface area contributed by atoms with Gasteiger partial charge in [-0.1, -0.05) is 11.6 Å². The predicted molar refractivity (Wildman–Crippen MR) is 104 cm³/mol. The second-order valence-electron chi connectivity index (χ2n) is 7.92. The van der Waals surface area contributed by atoms with E-state index in [0.717, 1.165) is 43.2 Å². The van der Waals surface area contributed by atoms with Crippen LogP contribution in [-0.4, -0.2) is 53.0 Å². The average molecular weight is 417 g/mol. The lowest BCUT2D eigenvalue weighted by molar-refractivity contribution is 0.388. The summed E-state index contributed by atoms with van der Waals surface area (Å²) in [5.74, 6) is 2.78. The number of aryl methyl sites for hydroxylation is 2. The third-order valence-electron chi connectivity index (χ3n) is 5.82. The SMILES string of the molecule is Cc1noc(C)c1S(=O)(=O)NCC1CN(c2ccc3nnc(C4CCC4)n3n2)C1. The van der Waals surface area contributed by atoms with Gasteiger partial charge < -0.3 is 9.42 Å². The van der Waals surface area contributed by atoms with Crippen molar-refractivity contribution in [2.24, 2.45) is 5.92 Å². The molecule has 2 aliphatic rings. The summed E-state index contributed by atoms with van der Waals surface area (Å²) < 4.78 is 34.6. The Balaban J connectivity index is 1.23. The zero-order valence-corrected chi connectivity index (χ0v) is 17.2. The Morgan fingerprint density at radius 1 is 1.21 bits per heavy atom. The van der Waals surface area contributed by atoms with E-state index in [-0.39, 0.29) is 10.8 Å². The van der Waals surface area contributed by atoms with Crippen molar-refractivity contribution in [2.45, 2.75) is 43.9 Å². The van der Waals surface area contributed by atoms with Crippen molar-refractivity contribution in [3.63, 3.8) is 0 Å². The lowest BCUT2D eigenvalue weighted by atomic mass is 9.85. The van der Waals surface area contributed by atoms with Crippen LogP contribution in [0.2, 0.25) is 0 Å². The number of aromatic nitrogens is 5. The van der Waals surface area contributed by atoms with Crippen molar-refractivity contribution < 1.29 is 12.9 Å². The molecule has 1 aliphatic carbocycles. The Hall–Kier alpha value is -2.53. The highest BCUT2D eigenvalue weighted by Crippen LogP contribution is 2.35. The van der Waals surface area contributed by atoms with Gasteiger partial charge in [0.25, 0.3) is 0 Å². The Kier molecular flexibility index (Phi) is 4.32. The number of hydrogen-bond donors (Lipinski definition) is 1. The maximum Gasteiger partial charge on any atom is 0.245 e. The van der Waals surface area contributed by atoms with Crippen molar-refractivity contribution in [1.82, 2.24) is 29.7 Å². The molecule has 0 radical (unpaired) electrons. The van der Waals surface area contributed by atoms with Crippen LogP contribution in [0.15, 0.2) is 21.6 Å². The summed E-state index contributed by atoms with van der Waals surface area (Å²) >= 11 is 0. The fourth-order valence-electron chi connectivity index (χ4n) is 3.93. The summed E-state index contributed by atoms with van der Waals surface area (Å²) in [5.41, 5.74) is 1.14. The summed E-state index contributed by atoms with van der Waals surface area (Å²) in [4.78, 5) is 2.27.